The van der Waals surface area contributed by atoms with E-state index < -0.39 is 0 Å². The first-order valence-electron chi connectivity index (χ1n) is 6.76. The molecule has 5 heteroatoms. The van der Waals surface area contributed by atoms with Crippen LogP contribution in [0.1, 0.15) is 17.7 Å². The Morgan fingerprint density at radius 1 is 1.28 bits per heavy atom. The fraction of sp³-hybridized carbons (Fsp3) is 0.692. The Bertz CT molecular complexity index is 425. The van der Waals surface area contributed by atoms with Crippen LogP contribution in [0.5, 0.6) is 0 Å². The molecule has 2 N–H and O–H groups in total. The van der Waals surface area contributed by atoms with E-state index in [2.05, 4.69) is 21.8 Å². The van der Waals surface area contributed by atoms with Gasteiger partial charge in [0, 0.05) is 44.1 Å². The SMILES string of the molecule is CN1CCN(c2ncc3c(n2)CC[C@H](N)C3)CC1. The van der Waals surface area contributed by atoms with Crippen LogP contribution >= 0.6 is 0 Å². The van der Waals surface area contributed by atoms with E-state index >= 15 is 0 Å². The zero-order chi connectivity index (χ0) is 12.5. The molecule has 1 atom stereocenters. The summed E-state index contributed by atoms with van der Waals surface area (Å²) < 4.78 is 0. The van der Waals surface area contributed by atoms with Crippen LogP contribution in [-0.4, -0.2) is 54.1 Å². The first-order valence-corrected chi connectivity index (χ1v) is 6.76. The summed E-state index contributed by atoms with van der Waals surface area (Å²) in [6, 6.07) is 0.288. The minimum atomic E-state index is 0.288. The van der Waals surface area contributed by atoms with E-state index in [4.69, 9.17) is 10.7 Å². The number of likely N-dealkylation sites (N-methyl/N-ethyl adjacent to an activating group) is 1. The lowest BCUT2D eigenvalue weighted by molar-refractivity contribution is 0.311. The predicted octanol–water partition coefficient (Wildman–Crippen LogP) is 0.0444. The second-order valence-electron chi connectivity index (χ2n) is 5.44. The Labute approximate surface area is 108 Å². The molecule has 0 amide bonds. The van der Waals surface area contributed by atoms with E-state index in [1.807, 2.05) is 6.20 Å². The molecule has 0 bridgehead atoms. The number of nitrogens with two attached hydrogens (primary N) is 1. The van der Waals surface area contributed by atoms with Crippen molar-refractivity contribution in [1.82, 2.24) is 14.9 Å². The smallest absolute Gasteiger partial charge is 0.225 e. The average Bonchev–Trinajstić information content (AvgIpc) is 2.39. The number of rotatable bonds is 1. The molecule has 3 rings (SSSR count). The van der Waals surface area contributed by atoms with Gasteiger partial charge in [-0.15, -0.1) is 0 Å². The van der Waals surface area contributed by atoms with Gasteiger partial charge in [0.2, 0.25) is 5.95 Å². The van der Waals surface area contributed by atoms with Crippen LogP contribution in [0.3, 0.4) is 0 Å². The minimum absolute atomic E-state index is 0.288. The number of fused-ring (bicyclic) bond motifs is 1. The second kappa shape index (κ2) is 4.82. The summed E-state index contributed by atoms with van der Waals surface area (Å²) in [5, 5.41) is 0. The molecule has 0 saturated carbocycles. The molecular weight excluding hydrogens is 226 g/mol. The molecule has 1 aromatic heterocycles. The van der Waals surface area contributed by atoms with Gasteiger partial charge in [-0.3, -0.25) is 0 Å². The molecule has 1 aliphatic heterocycles. The lowest BCUT2D eigenvalue weighted by Gasteiger charge is -2.33. The molecule has 1 aromatic rings. The van der Waals surface area contributed by atoms with E-state index in [1.54, 1.807) is 0 Å². The summed E-state index contributed by atoms with van der Waals surface area (Å²) in [7, 11) is 2.16. The third kappa shape index (κ3) is 2.33. The molecule has 2 heterocycles. The monoisotopic (exact) mass is 247 g/mol. The van der Waals surface area contributed by atoms with Crippen molar-refractivity contribution in [3.8, 4) is 0 Å². The number of anilines is 1. The van der Waals surface area contributed by atoms with Gasteiger partial charge in [0.1, 0.15) is 0 Å². The lowest BCUT2D eigenvalue weighted by Crippen LogP contribution is -2.45. The van der Waals surface area contributed by atoms with Crippen molar-refractivity contribution < 1.29 is 0 Å². The zero-order valence-electron chi connectivity index (χ0n) is 11.0. The summed E-state index contributed by atoms with van der Waals surface area (Å²) in [5.74, 6) is 0.900. The normalized spacial score (nSPS) is 25.0. The van der Waals surface area contributed by atoms with Crippen molar-refractivity contribution in [3.05, 3.63) is 17.5 Å². The van der Waals surface area contributed by atoms with Crippen LogP contribution in [0, 0.1) is 0 Å². The molecular formula is C13H21N5. The molecule has 1 saturated heterocycles. The van der Waals surface area contributed by atoms with Gasteiger partial charge in [0.05, 0.1) is 0 Å². The molecule has 0 radical (unpaired) electrons. The molecule has 18 heavy (non-hydrogen) atoms. The molecule has 1 fully saturated rings. The molecule has 0 unspecified atom stereocenters. The van der Waals surface area contributed by atoms with Crippen LogP contribution in [0.15, 0.2) is 6.20 Å². The molecule has 2 aliphatic rings. The van der Waals surface area contributed by atoms with Crippen molar-refractivity contribution in [2.75, 3.05) is 38.1 Å². The molecule has 1 aliphatic carbocycles. The van der Waals surface area contributed by atoms with E-state index in [0.717, 1.165) is 51.4 Å². The maximum atomic E-state index is 5.97. The lowest BCUT2D eigenvalue weighted by atomic mass is 9.94. The van der Waals surface area contributed by atoms with Crippen molar-refractivity contribution in [2.24, 2.45) is 5.73 Å². The molecule has 0 aromatic carbocycles. The number of hydrogen-bond donors (Lipinski definition) is 1. The number of hydrogen-bond acceptors (Lipinski definition) is 5. The fourth-order valence-electron chi connectivity index (χ4n) is 2.68. The Morgan fingerprint density at radius 3 is 2.83 bits per heavy atom. The van der Waals surface area contributed by atoms with Gasteiger partial charge in [0.15, 0.2) is 0 Å². The third-order valence-electron chi connectivity index (χ3n) is 3.96. The molecule has 5 nitrogen and oxygen atoms in total. The van der Waals surface area contributed by atoms with Crippen LogP contribution in [0.4, 0.5) is 5.95 Å². The van der Waals surface area contributed by atoms with Crippen LogP contribution in [0.25, 0.3) is 0 Å². The van der Waals surface area contributed by atoms with E-state index in [0.29, 0.717) is 0 Å². The van der Waals surface area contributed by atoms with Gasteiger partial charge in [-0.25, -0.2) is 9.97 Å². The van der Waals surface area contributed by atoms with Crippen LogP contribution in [-0.2, 0) is 12.8 Å². The Balaban J connectivity index is 1.78. The first-order chi connectivity index (χ1) is 8.72. The van der Waals surface area contributed by atoms with Crippen LogP contribution < -0.4 is 10.6 Å². The minimum Gasteiger partial charge on any atom is -0.338 e. The van der Waals surface area contributed by atoms with Crippen molar-refractivity contribution in [2.45, 2.75) is 25.3 Å². The maximum Gasteiger partial charge on any atom is 0.225 e. The summed E-state index contributed by atoms with van der Waals surface area (Å²) in [5.41, 5.74) is 8.43. The quantitative estimate of drug-likeness (QED) is 0.759. The topological polar surface area (TPSA) is 58.3 Å². The largest absolute Gasteiger partial charge is 0.338 e. The van der Waals surface area contributed by atoms with E-state index in [-0.39, 0.29) is 6.04 Å². The molecule has 98 valence electrons. The average molecular weight is 247 g/mol. The zero-order valence-corrected chi connectivity index (χ0v) is 11.0. The Kier molecular flexibility index (Phi) is 3.18. The highest BCUT2D eigenvalue weighted by Crippen LogP contribution is 2.20. The van der Waals surface area contributed by atoms with Gasteiger partial charge in [-0.05, 0) is 31.9 Å². The van der Waals surface area contributed by atoms with Gasteiger partial charge < -0.3 is 15.5 Å². The highest BCUT2D eigenvalue weighted by atomic mass is 15.3. The van der Waals surface area contributed by atoms with E-state index in [9.17, 15) is 0 Å². The number of aryl methyl sites for hydroxylation is 1. The van der Waals surface area contributed by atoms with Gasteiger partial charge in [-0.1, -0.05) is 0 Å². The summed E-state index contributed by atoms with van der Waals surface area (Å²) in [6.07, 6.45) is 4.96. The fourth-order valence-corrected chi connectivity index (χ4v) is 2.68. The molecule has 0 spiro atoms. The van der Waals surface area contributed by atoms with E-state index in [1.165, 1.54) is 11.3 Å². The van der Waals surface area contributed by atoms with Crippen molar-refractivity contribution in [3.63, 3.8) is 0 Å². The second-order valence-corrected chi connectivity index (χ2v) is 5.44. The summed E-state index contributed by atoms with van der Waals surface area (Å²) >= 11 is 0. The maximum absolute atomic E-state index is 5.97. The Hall–Kier alpha value is -1.20. The highest BCUT2D eigenvalue weighted by Gasteiger charge is 2.21. The first kappa shape index (κ1) is 11.9. The number of piperazine rings is 1. The summed E-state index contributed by atoms with van der Waals surface area (Å²) in [4.78, 5) is 13.9. The standard InChI is InChI=1S/C13H21N5/c1-17-4-6-18(7-5-17)13-15-9-10-8-11(14)2-3-12(10)16-13/h9,11H,2-8,14H2,1H3/t11-/m0/s1. The van der Waals surface area contributed by atoms with Crippen LogP contribution in [0.2, 0.25) is 0 Å². The third-order valence-corrected chi connectivity index (χ3v) is 3.96. The van der Waals surface area contributed by atoms with Gasteiger partial charge in [0.25, 0.3) is 0 Å². The van der Waals surface area contributed by atoms with Crippen molar-refractivity contribution in [1.29, 1.82) is 0 Å². The Morgan fingerprint density at radius 2 is 2.06 bits per heavy atom. The number of aromatic nitrogens is 2. The van der Waals surface area contributed by atoms with Gasteiger partial charge in [-0.2, -0.15) is 0 Å². The number of nitrogens with zero attached hydrogens (tertiary/aromatic N) is 4. The highest BCUT2D eigenvalue weighted by molar-refractivity contribution is 5.35. The van der Waals surface area contributed by atoms with Gasteiger partial charge >= 0.3 is 0 Å². The predicted molar refractivity (Wildman–Crippen MR) is 71.7 cm³/mol. The summed E-state index contributed by atoms with van der Waals surface area (Å²) in [6.45, 7) is 4.22. The van der Waals surface area contributed by atoms with Crippen molar-refractivity contribution >= 4 is 5.95 Å².